The molecule has 10 heteroatoms. The molecule has 36 heavy (non-hydrogen) atoms. The summed E-state index contributed by atoms with van der Waals surface area (Å²) in [6.45, 7) is 2.49. The molecular weight excluding hydrogens is 477 g/mol. The first-order chi connectivity index (χ1) is 17.2. The second-order valence-electron chi connectivity index (χ2n) is 8.76. The Bertz CT molecular complexity index is 1140. The summed E-state index contributed by atoms with van der Waals surface area (Å²) in [6, 6.07) is 9.19. The average Bonchev–Trinajstić information content (AvgIpc) is 3.38. The number of para-hydroxylation sites is 1. The Kier molecular flexibility index (Phi) is 7.63. The number of halogens is 3. The van der Waals surface area contributed by atoms with Gasteiger partial charge < -0.3 is 19.1 Å². The number of hydrogen-bond acceptors (Lipinski definition) is 6. The van der Waals surface area contributed by atoms with Gasteiger partial charge in [-0.1, -0.05) is 24.3 Å². The number of esters is 1. The van der Waals surface area contributed by atoms with E-state index in [-0.39, 0.29) is 30.6 Å². The molecule has 4 rings (SSSR count). The van der Waals surface area contributed by atoms with Crippen LogP contribution in [-0.4, -0.2) is 48.1 Å². The average molecular weight is 505 g/mol. The summed E-state index contributed by atoms with van der Waals surface area (Å²) in [7, 11) is 1.51. The second-order valence-corrected chi connectivity index (χ2v) is 8.76. The van der Waals surface area contributed by atoms with Crippen LogP contribution >= 0.6 is 0 Å². The SMILES string of the molecule is COc1ccccc1COC(=O)C1=C(C)N(C[C@@H]2CCCO2)C(=O)C[C@@H]1c1ccc(C(F)(F)F)nc1. The van der Waals surface area contributed by atoms with Gasteiger partial charge in [-0.25, -0.2) is 4.79 Å². The van der Waals surface area contributed by atoms with E-state index in [1.807, 2.05) is 0 Å². The van der Waals surface area contributed by atoms with Crippen molar-refractivity contribution in [1.82, 2.24) is 9.88 Å². The molecule has 0 bridgehead atoms. The molecule has 0 spiro atoms. The molecular formula is C26H27F3N2O5. The molecule has 7 nitrogen and oxygen atoms in total. The Morgan fingerprint density at radius 1 is 1.22 bits per heavy atom. The summed E-state index contributed by atoms with van der Waals surface area (Å²) >= 11 is 0. The van der Waals surface area contributed by atoms with Gasteiger partial charge in [-0.3, -0.25) is 9.78 Å². The van der Waals surface area contributed by atoms with Crippen LogP contribution in [0.3, 0.4) is 0 Å². The van der Waals surface area contributed by atoms with Crippen molar-refractivity contribution in [1.29, 1.82) is 0 Å². The van der Waals surface area contributed by atoms with E-state index in [1.54, 1.807) is 31.2 Å². The van der Waals surface area contributed by atoms with Crippen LogP contribution in [0.25, 0.3) is 0 Å². The van der Waals surface area contributed by atoms with Crippen molar-refractivity contribution < 1.29 is 37.0 Å². The quantitative estimate of drug-likeness (QED) is 0.512. The fraction of sp³-hybridized carbons (Fsp3) is 0.423. The smallest absolute Gasteiger partial charge is 0.433 e. The first kappa shape index (κ1) is 25.7. The summed E-state index contributed by atoms with van der Waals surface area (Å²) in [5.41, 5.74) is 0.550. The molecule has 3 heterocycles. The molecule has 0 radical (unpaired) electrons. The maximum Gasteiger partial charge on any atom is 0.433 e. The number of allylic oxidation sites excluding steroid dienone is 1. The summed E-state index contributed by atoms with van der Waals surface area (Å²) in [6.07, 6.45) is -2.08. The van der Waals surface area contributed by atoms with Gasteiger partial charge in [0.05, 0.1) is 25.3 Å². The van der Waals surface area contributed by atoms with E-state index in [1.165, 1.54) is 18.1 Å². The molecule has 0 saturated carbocycles. The number of benzene rings is 1. The van der Waals surface area contributed by atoms with Crippen LogP contribution < -0.4 is 4.74 Å². The summed E-state index contributed by atoms with van der Waals surface area (Å²) in [5.74, 6) is -1.14. The van der Waals surface area contributed by atoms with Crippen molar-refractivity contribution in [3.63, 3.8) is 0 Å². The van der Waals surface area contributed by atoms with Gasteiger partial charge >= 0.3 is 12.1 Å². The van der Waals surface area contributed by atoms with Crippen LogP contribution in [0, 0.1) is 0 Å². The van der Waals surface area contributed by atoms with E-state index in [0.717, 1.165) is 25.1 Å². The van der Waals surface area contributed by atoms with Gasteiger partial charge in [-0.2, -0.15) is 13.2 Å². The minimum atomic E-state index is -4.60. The van der Waals surface area contributed by atoms with Gasteiger partial charge in [-0.05, 0) is 37.5 Å². The van der Waals surface area contributed by atoms with Gasteiger partial charge in [0.25, 0.3) is 0 Å². The number of hydrogen-bond donors (Lipinski definition) is 0. The summed E-state index contributed by atoms with van der Waals surface area (Å²) in [5, 5.41) is 0. The molecule has 2 atom stereocenters. The molecule has 0 N–H and O–H groups in total. The lowest BCUT2D eigenvalue weighted by atomic mass is 9.84. The van der Waals surface area contributed by atoms with Crippen molar-refractivity contribution in [2.75, 3.05) is 20.3 Å². The third-order valence-corrected chi connectivity index (χ3v) is 6.48. The number of carbonyl (C=O) groups is 2. The number of rotatable bonds is 7. The normalized spacial score (nSPS) is 20.6. The van der Waals surface area contributed by atoms with E-state index in [9.17, 15) is 22.8 Å². The topological polar surface area (TPSA) is 78.0 Å². The minimum absolute atomic E-state index is 0.0721. The van der Waals surface area contributed by atoms with Gasteiger partial charge in [0.2, 0.25) is 5.91 Å². The van der Waals surface area contributed by atoms with Crippen LogP contribution in [0.5, 0.6) is 5.75 Å². The molecule has 192 valence electrons. The highest BCUT2D eigenvalue weighted by atomic mass is 19.4. The van der Waals surface area contributed by atoms with Crippen molar-refractivity contribution in [3.8, 4) is 5.75 Å². The van der Waals surface area contributed by atoms with E-state index in [2.05, 4.69) is 4.98 Å². The zero-order valence-electron chi connectivity index (χ0n) is 20.0. The number of amides is 1. The highest BCUT2D eigenvalue weighted by Crippen LogP contribution is 2.38. The van der Waals surface area contributed by atoms with E-state index >= 15 is 0 Å². The zero-order chi connectivity index (χ0) is 25.9. The minimum Gasteiger partial charge on any atom is -0.496 e. The maximum atomic E-state index is 13.4. The first-order valence-electron chi connectivity index (χ1n) is 11.6. The van der Waals surface area contributed by atoms with Gasteiger partial charge in [0, 0.05) is 36.4 Å². The molecule has 1 aromatic heterocycles. The fourth-order valence-electron chi connectivity index (χ4n) is 4.60. The molecule has 0 unspecified atom stereocenters. The standard InChI is InChI=1S/C26H27F3N2O5/c1-16-24(25(33)36-15-18-6-3-4-8-21(18)34-2)20(17-9-10-22(30-13-17)26(27,28)29)12-23(32)31(16)14-19-7-5-11-35-19/h3-4,6,8-10,13,19-20H,5,7,11-12,14-15H2,1-2H3/t19-,20+/m0/s1. The van der Waals surface area contributed by atoms with Crippen LogP contribution in [0.4, 0.5) is 13.2 Å². The van der Waals surface area contributed by atoms with Gasteiger partial charge in [0.15, 0.2) is 0 Å². The highest BCUT2D eigenvalue weighted by Gasteiger charge is 2.39. The molecule has 0 aliphatic carbocycles. The van der Waals surface area contributed by atoms with Gasteiger partial charge in [0.1, 0.15) is 18.1 Å². The van der Waals surface area contributed by atoms with E-state index in [4.69, 9.17) is 14.2 Å². The van der Waals surface area contributed by atoms with Gasteiger partial charge in [-0.15, -0.1) is 0 Å². The number of ether oxygens (including phenoxy) is 3. The summed E-state index contributed by atoms with van der Waals surface area (Å²) < 4.78 is 55.7. The van der Waals surface area contributed by atoms with Crippen LogP contribution in [0.15, 0.2) is 53.9 Å². The predicted octanol–water partition coefficient (Wildman–Crippen LogP) is 4.62. The summed E-state index contributed by atoms with van der Waals surface area (Å²) in [4.78, 5) is 31.5. The monoisotopic (exact) mass is 504 g/mol. The fourth-order valence-corrected chi connectivity index (χ4v) is 4.60. The number of aromatic nitrogens is 1. The van der Waals surface area contributed by atoms with Crippen molar-refractivity contribution >= 4 is 11.9 Å². The number of nitrogens with zero attached hydrogens (tertiary/aromatic N) is 2. The molecule has 1 amide bonds. The zero-order valence-corrected chi connectivity index (χ0v) is 20.0. The van der Waals surface area contributed by atoms with Crippen LogP contribution in [0.2, 0.25) is 0 Å². The maximum absolute atomic E-state index is 13.4. The van der Waals surface area contributed by atoms with Crippen LogP contribution in [-0.2, 0) is 31.8 Å². The Morgan fingerprint density at radius 2 is 2.00 bits per heavy atom. The Labute approximate surface area is 206 Å². The first-order valence-corrected chi connectivity index (χ1v) is 11.6. The molecule has 2 aliphatic rings. The highest BCUT2D eigenvalue weighted by molar-refractivity contribution is 5.95. The Balaban J connectivity index is 1.65. The molecule has 1 aromatic carbocycles. The molecule has 2 aliphatic heterocycles. The number of carbonyl (C=O) groups excluding carboxylic acids is 2. The lowest BCUT2D eigenvalue weighted by Gasteiger charge is -2.35. The van der Waals surface area contributed by atoms with Crippen LogP contribution in [0.1, 0.15) is 48.9 Å². The van der Waals surface area contributed by atoms with Crippen molar-refractivity contribution in [2.45, 2.75) is 51.0 Å². The Hall–Kier alpha value is -3.40. The molecule has 1 fully saturated rings. The lowest BCUT2D eigenvalue weighted by molar-refractivity contribution is -0.142. The number of methoxy groups -OCH3 is 1. The number of pyridine rings is 1. The lowest BCUT2D eigenvalue weighted by Crippen LogP contribution is -2.42. The molecule has 2 aromatic rings. The van der Waals surface area contributed by atoms with E-state index in [0.29, 0.717) is 35.7 Å². The Morgan fingerprint density at radius 3 is 2.64 bits per heavy atom. The molecule has 1 saturated heterocycles. The predicted molar refractivity (Wildman–Crippen MR) is 123 cm³/mol. The largest absolute Gasteiger partial charge is 0.496 e. The number of alkyl halides is 3. The third-order valence-electron chi connectivity index (χ3n) is 6.48. The third kappa shape index (κ3) is 5.53. The van der Waals surface area contributed by atoms with E-state index < -0.39 is 23.8 Å². The second kappa shape index (κ2) is 10.7. The van der Waals surface area contributed by atoms with Crippen molar-refractivity contribution in [2.24, 2.45) is 0 Å². The van der Waals surface area contributed by atoms with Crippen molar-refractivity contribution in [3.05, 3.63) is 70.7 Å².